The summed E-state index contributed by atoms with van der Waals surface area (Å²) in [6, 6.07) is 4.09. The number of fused-ring (bicyclic) bond motifs is 5. The molecular formula is C85H112FN19O22. The molecule has 2 aromatic carbocycles. The second-order valence-corrected chi connectivity index (χ2v) is 32.5. The number of rotatable bonds is 40. The van der Waals surface area contributed by atoms with Crippen molar-refractivity contribution in [2.75, 3.05) is 161 Å². The third-order valence-electron chi connectivity index (χ3n) is 22.5. The maximum Gasteiger partial charge on any atom is 0.407 e. The van der Waals surface area contributed by atoms with E-state index in [1.807, 2.05) is 0 Å². The van der Waals surface area contributed by atoms with Crippen molar-refractivity contribution in [3.05, 3.63) is 103 Å². The number of anilines is 1. The SMILES string of the molecule is CC[C@H]1C(=O)OCc2c1cc1n(c2=O)Cc2c-1nc1cc(F)c(C)c3c1c2[C@@H](NC(=O)OCc1ccc(NC(=O)[C@H](C)NC(=O)C(NC(=O)CCCCCN2C(=O)C=CC2=O)C(C)C)cc1C(=O)NCCNC(=O)CN(C)C(=O)CN(C)C(=O)CN(C)C(=O)CN(C)C(=O)CN(C)C(=O)CN(C)C(=O)CN(C)C(=O)CN(C)C(=O)CN(C)C(=O)CN(C)C(C)=O)CC3. The van der Waals surface area contributed by atoms with Crippen molar-refractivity contribution in [3.8, 4) is 11.4 Å². The Hall–Kier alpha value is -13.6. The average Bonchev–Trinajstić information content (AvgIpc) is 1.56. The van der Waals surface area contributed by atoms with Crippen LogP contribution in [0.2, 0.25) is 0 Å². The smallest absolute Gasteiger partial charge is 0.407 e. The molecule has 42 heteroatoms. The number of hydrogen-bond acceptors (Lipinski definition) is 23. The molecule has 3 aliphatic heterocycles. The Morgan fingerprint density at radius 2 is 1.08 bits per heavy atom. The molecule has 5 heterocycles. The number of unbranched alkanes of at least 4 members (excludes halogenated alkanes) is 2. The molecule has 0 saturated carbocycles. The fourth-order valence-electron chi connectivity index (χ4n) is 14.4. The molecule has 0 radical (unpaired) electrons. The van der Waals surface area contributed by atoms with Gasteiger partial charge >= 0.3 is 12.1 Å². The summed E-state index contributed by atoms with van der Waals surface area (Å²) in [5.41, 5.74) is 3.80. The van der Waals surface area contributed by atoms with E-state index >= 15 is 4.39 Å². The van der Waals surface area contributed by atoms with Gasteiger partial charge in [0, 0.05) is 149 Å². The van der Waals surface area contributed by atoms with Gasteiger partial charge < -0.3 is 94.9 Å². The molecule has 2 aromatic heterocycles. The Bertz CT molecular complexity index is 5130. The fourth-order valence-corrected chi connectivity index (χ4v) is 14.4. The topological polar surface area (TPSA) is 486 Å². The number of esters is 1. The molecule has 0 spiro atoms. The first-order chi connectivity index (χ1) is 59.8. The molecule has 1 aliphatic carbocycles. The van der Waals surface area contributed by atoms with Crippen LogP contribution in [0.3, 0.4) is 0 Å². The van der Waals surface area contributed by atoms with Crippen LogP contribution in [0.1, 0.15) is 134 Å². The highest BCUT2D eigenvalue weighted by atomic mass is 19.1. The number of halogens is 1. The van der Waals surface area contributed by atoms with Crippen molar-refractivity contribution in [2.24, 2.45) is 5.92 Å². The summed E-state index contributed by atoms with van der Waals surface area (Å²) < 4.78 is 28.6. The molecule has 4 atom stereocenters. The van der Waals surface area contributed by atoms with Crippen molar-refractivity contribution in [2.45, 2.75) is 130 Å². The van der Waals surface area contributed by atoms with E-state index < -0.39 is 201 Å². The lowest BCUT2D eigenvalue weighted by Crippen LogP contribution is -2.53. The Labute approximate surface area is 732 Å². The third-order valence-corrected chi connectivity index (χ3v) is 22.5. The number of benzene rings is 2. The first-order valence-corrected chi connectivity index (χ1v) is 41.3. The number of aryl methyl sites for hydroxylation is 1. The largest absolute Gasteiger partial charge is 0.460 e. The average molecular weight is 1770 g/mol. The molecule has 8 rings (SSSR count). The number of cyclic esters (lactones) is 1. The Morgan fingerprint density at radius 3 is 1.57 bits per heavy atom. The quantitative estimate of drug-likeness (QED) is 0.0153. The van der Waals surface area contributed by atoms with E-state index in [2.05, 4.69) is 31.9 Å². The number of ether oxygens (including phenoxy) is 2. The van der Waals surface area contributed by atoms with Gasteiger partial charge in [0.25, 0.3) is 23.3 Å². The number of nitrogens with zero attached hydrogens (tertiary/aromatic N) is 13. The molecule has 41 nitrogen and oxygen atoms in total. The number of hydrogen-bond donors (Lipinski definition) is 6. The van der Waals surface area contributed by atoms with E-state index in [9.17, 15) is 95.9 Å². The number of pyridine rings is 2. The van der Waals surface area contributed by atoms with Gasteiger partial charge in [-0.25, -0.2) is 14.2 Å². The highest BCUT2D eigenvalue weighted by Gasteiger charge is 2.40. The normalized spacial score (nSPS) is 14.3. The number of aromatic nitrogens is 2. The Morgan fingerprint density at radius 1 is 0.583 bits per heavy atom. The van der Waals surface area contributed by atoms with Gasteiger partial charge in [0.05, 0.1) is 106 Å². The first kappa shape index (κ1) is 98.8. The lowest BCUT2D eigenvalue weighted by molar-refractivity contribution is -0.148. The monoisotopic (exact) mass is 1770 g/mol. The lowest BCUT2D eigenvalue weighted by atomic mass is 9.81. The fraction of sp³-hybridized carbons (Fsp3) is 0.518. The standard InChI is InChI=1S/C85H112FN19O22/c1-17-53-56-32-62-79-57(34-105(62)83(123)58(56)46-126-84(53)124)77-60(25-24-54-48(4)59(86)33-61(91-79)76(54)77)92-85(125)127-45-51-22-23-52(90-80(120)49(5)89-82(122)78(47(2)3)93-63(107)21-19-18-20-30-104-65(109)26-27-66(104)110)31-55(51)81(121)88-29-28-87-64(108)35-95(8)68(112)37-97(10)70(114)39-99(12)72(116)41-101(14)74(118)43-103(16)75(119)44-102(15)73(117)42-100(13)71(115)40-98(11)69(113)38-96(9)67(111)36-94(7)50(6)106/h22-23,26-27,31-33,47,49,53,60,78H,17-21,24-25,28-30,34-46H2,1-16H3,(H,87,108)(H,88,121)(H,89,122)(H,90,120)(H,92,125)(H,93,107)/t49-,53+,60-,78?/m0/s1. The summed E-state index contributed by atoms with van der Waals surface area (Å²) >= 11 is 0. The molecular weight excluding hydrogens is 1660 g/mol. The summed E-state index contributed by atoms with van der Waals surface area (Å²) in [6.07, 6.45) is 3.75. The van der Waals surface area contributed by atoms with Gasteiger partial charge in [-0.1, -0.05) is 33.3 Å². The zero-order chi connectivity index (χ0) is 94.0. The van der Waals surface area contributed by atoms with Gasteiger partial charge in [0.2, 0.25) is 82.7 Å². The van der Waals surface area contributed by atoms with E-state index in [0.29, 0.717) is 82.3 Å². The van der Waals surface area contributed by atoms with Crippen LogP contribution in [0.4, 0.5) is 14.9 Å². The highest BCUT2D eigenvalue weighted by Crippen LogP contribution is 2.46. The highest BCUT2D eigenvalue weighted by molar-refractivity contribution is 6.13. The van der Waals surface area contributed by atoms with Gasteiger partial charge in [-0.2, -0.15) is 0 Å². The first-order valence-electron chi connectivity index (χ1n) is 41.3. The Kier molecular flexibility index (Phi) is 34.1. The zero-order valence-electron chi connectivity index (χ0n) is 74.4. The molecule has 4 aromatic rings. The number of imide groups is 1. The maximum absolute atomic E-state index is 15.8. The minimum Gasteiger partial charge on any atom is -0.460 e. The van der Waals surface area contributed by atoms with Crippen LogP contribution < -0.4 is 37.5 Å². The van der Waals surface area contributed by atoms with Gasteiger partial charge in [-0.3, -0.25) is 96.0 Å². The van der Waals surface area contributed by atoms with E-state index in [-0.39, 0.29) is 92.5 Å². The zero-order valence-corrected chi connectivity index (χ0v) is 74.4. The van der Waals surface area contributed by atoms with Crippen molar-refractivity contribution in [1.29, 1.82) is 0 Å². The minimum absolute atomic E-state index is 0.0285. The molecule has 0 fully saturated rings. The van der Waals surface area contributed by atoms with E-state index in [0.717, 1.165) is 49.0 Å². The molecule has 0 bridgehead atoms. The molecule has 686 valence electrons. The summed E-state index contributed by atoms with van der Waals surface area (Å²) in [4.78, 5) is 279. The minimum atomic E-state index is -1.23. The summed E-state index contributed by atoms with van der Waals surface area (Å²) in [5, 5.41) is 16.9. The number of amides is 18. The predicted octanol–water partition coefficient (Wildman–Crippen LogP) is -1.14. The van der Waals surface area contributed by atoms with Crippen molar-refractivity contribution in [1.82, 2.24) is 90.0 Å². The molecule has 127 heavy (non-hydrogen) atoms. The van der Waals surface area contributed by atoms with Gasteiger partial charge in [0.1, 0.15) is 31.1 Å². The van der Waals surface area contributed by atoms with Crippen LogP contribution in [0.5, 0.6) is 0 Å². The van der Waals surface area contributed by atoms with Gasteiger partial charge in [-0.05, 0) is 92.3 Å². The number of nitrogens with one attached hydrogen (secondary N) is 6. The maximum atomic E-state index is 15.8. The molecule has 18 amide bonds. The number of carbonyl (C=O) groups is 19. The van der Waals surface area contributed by atoms with Crippen molar-refractivity contribution < 1.29 is 105 Å². The van der Waals surface area contributed by atoms with E-state index in [1.54, 1.807) is 33.8 Å². The van der Waals surface area contributed by atoms with Crippen LogP contribution in [-0.2, 0) is 117 Å². The molecule has 0 saturated heterocycles. The lowest BCUT2D eigenvalue weighted by Gasteiger charge is -2.29. The van der Waals surface area contributed by atoms with E-state index in [4.69, 9.17) is 14.5 Å². The van der Waals surface area contributed by atoms with Gasteiger partial charge in [0.15, 0.2) is 0 Å². The van der Waals surface area contributed by atoms with E-state index in [1.165, 1.54) is 130 Å². The van der Waals surface area contributed by atoms with Crippen LogP contribution in [0, 0.1) is 18.7 Å². The molecule has 6 N–H and O–H groups in total. The summed E-state index contributed by atoms with van der Waals surface area (Å²) in [7, 11) is 13.2. The second kappa shape index (κ2) is 43.8. The summed E-state index contributed by atoms with van der Waals surface area (Å²) in [5.74, 6) is -12.5. The number of likely N-dealkylation sites (N-methyl/N-ethyl adjacent to an activating group) is 10. The van der Waals surface area contributed by atoms with Crippen LogP contribution in [-0.4, -0.2) is 344 Å². The molecule has 1 unspecified atom stereocenters. The van der Waals surface area contributed by atoms with Crippen molar-refractivity contribution >= 4 is 129 Å². The third kappa shape index (κ3) is 25.4. The second-order valence-electron chi connectivity index (χ2n) is 32.5. The summed E-state index contributed by atoms with van der Waals surface area (Å²) in [6.45, 7) is 3.75. The van der Waals surface area contributed by atoms with Crippen molar-refractivity contribution in [3.63, 3.8) is 0 Å². The van der Waals surface area contributed by atoms with Crippen LogP contribution in [0.25, 0.3) is 22.3 Å². The predicted molar refractivity (Wildman–Crippen MR) is 454 cm³/mol. The number of alkyl carbamates (subject to hydrolysis) is 1. The van der Waals surface area contributed by atoms with Crippen LogP contribution >= 0.6 is 0 Å². The number of carbonyl (C=O) groups excluding carboxylic acids is 19. The van der Waals surface area contributed by atoms with Crippen LogP contribution in [0.15, 0.2) is 47.3 Å². The van der Waals surface area contributed by atoms with Gasteiger partial charge in [-0.15, -0.1) is 0 Å². The Balaban J connectivity index is 0.831. The molecule has 4 aliphatic rings.